The molecule has 1 atom stereocenters. The van der Waals surface area contributed by atoms with Crippen LogP contribution in [0.15, 0.2) is 48.5 Å². The fraction of sp³-hybridized carbons (Fsp3) is 0.111. The van der Waals surface area contributed by atoms with Crippen LogP contribution in [0.1, 0.15) is 26.3 Å². The fourth-order valence-corrected chi connectivity index (χ4v) is 3.42. The molecule has 1 aliphatic heterocycles. The summed E-state index contributed by atoms with van der Waals surface area (Å²) >= 11 is 0.786. The van der Waals surface area contributed by atoms with Crippen molar-refractivity contribution in [2.45, 2.75) is 11.9 Å². The Hall–Kier alpha value is -3.33. The Labute approximate surface area is 157 Å². The molecular weight excluding hydrogens is 372 g/mol. The molecule has 0 aromatic heterocycles. The highest BCUT2D eigenvalue weighted by molar-refractivity contribution is 8.15. The third-order valence-corrected chi connectivity index (χ3v) is 4.83. The standard InChI is InChI=1S/C18H14N2O6S/c21-15-14(19-13-6-4-11(5-7-13)16(22)23)27-18(26)20(15)9-10-2-1-3-12(8-10)17(24)25/h1-8,14,19H,9H2,(H,22,23)(H,24,25)/p-2/t14-/m0/s1. The van der Waals surface area contributed by atoms with Crippen molar-refractivity contribution in [3.8, 4) is 0 Å². The van der Waals surface area contributed by atoms with Gasteiger partial charge in [-0.15, -0.1) is 0 Å². The van der Waals surface area contributed by atoms with Gasteiger partial charge >= 0.3 is 0 Å². The third kappa shape index (κ3) is 4.09. The summed E-state index contributed by atoms with van der Waals surface area (Å²) in [5.41, 5.74) is 0.913. The van der Waals surface area contributed by atoms with Crippen molar-refractivity contribution in [3.05, 3.63) is 65.2 Å². The van der Waals surface area contributed by atoms with Crippen LogP contribution in [0.4, 0.5) is 10.5 Å². The number of carboxylic acids is 2. The van der Waals surface area contributed by atoms with Crippen LogP contribution in [0, 0.1) is 0 Å². The van der Waals surface area contributed by atoms with Gasteiger partial charge in [-0.05, 0) is 46.7 Å². The molecule has 1 heterocycles. The Morgan fingerprint density at radius 3 is 2.30 bits per heavy atom. The summed E-state index contributed by atoms with van der Waals surface area (Å²) in [5, 5.41) is 23.2. The highest BCUT2D eigenvalue weighted by Crippen LogP contribution is 2.29. The number of thioether (sulfide) groups is 1. The summed E-state index contributed by atoms with van der Waals surface area (Å²) in [6, 6.07) is 11.4. The molecule has 27 heavy (non-hydrogen) atoms. The average molecular weight is 384 g/mol. The minimum absolute atomic E-state index is 0.00328. The lowest BCUT2D eigenvalue weighted by atomic mass is 10.1. The molecule has 9 heteroatoms. The largest absolute Gasteiger partial charge is 0.545 e. The van der Waals surface area contributed by atoms with Gasteiger partial charge < -0.3 is 25.1 Å². The van der Waals surface area contributed by atoms with E-state index in [9.17, 15) is 29.4 Å². The number of carbonyl (C=O) groups excluding carboxylic acids is 4. The van der Waals surface area contributed by atoms with Gasteiger partial charge in [0.05, 0.1) is 18.5 Å². The van der Waals surface area contributed by atoms with Crippen molar-refractivity contribution in [3.63, 3.8) is 0 Å². The van der Waals surface area contributed by atoms with Crippen molar-refractivity contribution < 1.29 is 29.4 Å². The molecule has 138 valence electrons. The lowest BCUT2D eigenvalue weighted by Gasteiger charge is -2.16. The molecule has 1 saturated heterocycles. The monoisotopic (exact) mass is 384 g/mol. The van der Waals surface area contributed by atoms with E-state index in [0.717, 1.165) is 16.7 Å². The number of imide groups is 1. The van der Waals surface area contributed by atoms with E-state index in [1.807, 2.05) is 0 Å². The van der Waals surface area contributed by atoms with Crippen LogP contribution in [0.3, 0.4) is 0 Å². The molecule has 8 nitrogen and oxygen atoms in total. The van der Waals surface area contributed by atoms with Crippen LogP contribution < -0.4 is 15.5 Å². The predicted octanol–water partition coefficient (Wildman–Crippen LogP) is 0.0472. The highest BCUT2D eigenvalue weighted by atomic mass is 32.2. The molecule has 0 bridgehead atoms. The summed E-state index contributed by atoms with van der Waals surface area (Å²) < 4.78 is 0. The van der Waals surface area contributed by atoms with Gasteiger partial charge in [0.25, 0.3) is 11.1 Å². The number of carboxylic acid groups (broad SMARTS) is 2. The maximum absolute atomic E-state index is 12.5. The summed E-state index contributed by atoms with van der Waals surface area (Å²) in [5.74, 6) is -3.13. The minimum atomic E-state index is -1.34. The first-order valence-electron chi connectivity index (χ1n) is 7.75. The Morgan fingerprint density at radius 1 is 1.00 bits per heavy atom. The van der Waals surface area contributed by atoms with E-state index in [-0.39, 0.29) is 17.7 Å². The fourth-order valence-electron chi connectivity index (χ4n) is 2.51. The number of carbonyl (C=O) groups is 4. The van der Waals surface area contributed by atoms with Crippen molar-refractivity contribution in [2.75, 3.05) is 5.32 Å². The second kappa shape index (κ2) is 7.50. The van der Waals surface area contributed by atoms with Crippen molar-refractivity contribution in [2.24, 2.45) is 0 Å². The van der Waals surface area contributed by atoms with Crippen molar-refractivity contribution >= 4 is 40.5 Å². The number of rotatable bonds is 6. The number of aromatic carboxylic acids is 2. The SMILES string of the molecule is O=C([O-])c1ccc(N[C@H]2SC(=O)N(Cc3cccc(C(=O)[O-])c3)C2=O)cc1. The number of nitrogens with one attached hydrogen (secondary N) is 1. The zero-order chi connectivity index (χ0) is 19.6. The van der Waals surface area contributed by atoms with Gasteiger partial charge in [0, 0.05) is 5.69 Å². The molecule has 2 amide bonds. The minimum Gasteiger partial charge on any atom is -0.545 e. The molecule has 1 fully saturated rings. The van der Waals surface area contributed by atoms with Crippen LogP contribution in [-0.2, 0) is 11.3 Å². The van der Waals surface area contributed by atoms with Crippen LogP contribution in [0.2, 0.25) is 0 Å². The van der Waals surface area contributed by atoms with Gasteiger partial charge in [-0.1, -0.05) is 30.3 Å². The van der Waals surface area contributed by atoms with Crippen LogP contribution >= 0.6 is 11.8 Å². The summed E-state index contributed by atoms with van der Waals surface area (Å²) in [6.45, 7) is -0.0619. The normalized spacial score (nSPS) is 16.4. The first kappa shape index (κ1) is 18.5. The first-order valence-corrected chi connectivity index (χ1v) is 8.63. The molecule has 0 aliphatic carbocycles. The van der Waals surface area contributed by atoms with E-state index >= 15 is 0 Å². The van der Waals surface area contributed by atoms with E-state index < -0.39 is 28.5 Å². The van der Waals surface area contributed by atoms with Crippen LogP contribution in [-0.4, -0.2) is 33.4 Å². The van der Waals surface area contributed by atoms with Gasteiger partial charge in [0.2, 0.25) is 0 Å². The number of amides is 2. The second-order valence-corrected chi connectivity index (χ2v) is 6.74. The number of hydrogen-bond acceptors (Lipinski definition) is 8. The van der Waals surface area contributed by atoms with Crippen molar-refractivity contribution in [1.82, 2.24) is 4.90 Å². The maximum Gasteiger partial charge on any atom is 0.291 e. The lowest BCUT2D eigenvalue weighted by molar-refractivity contribution is -0.256. The highest BCUT2D eigenvalue weighted by Gasteiger charge is 2.39. The smallest absolute Gasteiger partial charge is 0.291 e. The van der Waals surface area contributed by atoms with Crippen molar-refractivity contribution in [1.29, 1.82) is 0 Å². The molecular formula is C18H12N2O6S-2. The lowest BCUT2D eigenvalue weighted by Crippen LogP contribution is -2.34. The zero-order valence-electron chi connectivity index (χ0n) is 13.7. The molecule has 2 aromatic rings. The quantitative estimate of drug-likeness (QED) is 0.739. The van der Waals surface area contributed by atoms with E-state index in [0.29, 0.717) is 11.3 Å². The molecule has 1 aliphatic rings. The van der Waals surface area contributed by atoms with Gasteiger partial charge in [-0.2, -0.15) is 0 Å². The third-order valence-electron chi connectivity index (χ3n) is 3.85. The average Bonchev–Trinajstić information content (AvgIpc) is 2.90. The summed E-state index contributed by atoms with van der Waals surface area (Å²) in [6.07, 6.45) is 0. The Morgan fingerprint density at radius 2 is 1.67 bits per heavy atom. The predicted molar refractivity (Wildman–Crippen MR) is 92.5 cm³/mol. The molecule has 3 rings (SSSR count). The number of nitrogens with zero attached hydrogens (tertiary/aromatic N) is 1. The zero-order valence-corrected chi connectivity index (χ0v) is 14.5. The Kier molecular flexibility index (Phi) is 5.13. The molecule has 0 radical (unpaired) electrons. The van der Waals surface area contributed by atoms with E-state index in [2.05, 4.69) is 5.32 Å². The number of benzene rings is 2. The molecule has 1 N–H and O–H groups in total. The second-order valence-electron chi connectivity index (χ2n) is 5.69. The summed E-state index contributed by atoms with van der Waals surface area (Å²) in [4.78, 5) is 47.4. The maximum atomic E-state index is 12.5. The molecule has 2 aromatic carbocycles. The van der Waals surface area contributed by atoms with Crippen LogP contribution in [0.25, 0.3) is 0 Å². The summed E-state index contributed by atoms with van der Waals surface area (Å²) in [7, 11) is 0. The van der Waals surface area contributed by atoms with E-state index in [1.54, 1.807) is 6.07 Å². The number of hydrogen-bond donors (Lipinski definition) is 1. The first-order chi connectivity index (χ1) is 12.8. The van der Waals surface area contributed by atoms with Gasteiger partial charge in [-0.25, -0.2) is 0 Å². The van der Waals surface area contributed by atoms with Gasteiger partial charge in [-0.3, -0.25) is 14.5 Å². The van der Waals surface area contributed by atoms with E-state index in [1.165, 1.54) is 42.5 Å². The number of anilines is 1. The van der Waals surface area contributed by atoms with Crippen LogP contribution in [0.5, 0.6) is 0 Å². The molecule has 0 spiro atoms. The Balaban J connectivity index is 1.70. The molecule has 0 unspecified atom stereocenters. The topological polar surface area (TPSA) is 130 Å². The van der Waals surface area contributed by atoms with Gasteiger partial charge in [0.1, 0.15) is 0 Å². The Bertz CT molecular complexity index is 928. The molecule has 0 saturated carbocycles. The van der Waals surface area contributed by atoms with Gasteiger partial charge in [0.15, 0.2) is 5.37 Å². The van der Waals surface area contributed by atoms with E-state index in [4.69, 9.17) is 0 Å².